The third kappa shape index (κ3) is 5.48. The maximum atomic E-state index is 11.5. The molecule has 0 aliphatic rings. The molecule has 10 heteroatoms. The molecule has 1 aromatic rings. The number of carbonyl (C=O) groups excluding carboxylic acids is 3. The van der Waals surface area contributed by atoms with E-state index in [1.54, 1.807) is 12.1 Å². The molecule has 116 valence electrons. The number of rotatable bonds is 4. The Labute approximate surface area is 129 Å². The molecule has 0 radical (unpaired) electrons. The van der Waals surface area contributed by atoms with Crippen LogP contribution in [-0.4, -0.2) is 43.8 Å². The molecule has 1 atom stereocenters. The van der Waals surface area contributed by atoms with E-state index in [1.165, 1.54) is 25.4 Å². The van der Waals surface area contributed by atoms with Crippen LogP contribution in [0.4, 0.5) is 14.4 Å². The zero-order valence-electron chi connectivity index (χ0n) is 11.3. The summed E-state index contributed by atoms with van der Waals surface area (Å²) in [6.45, 7) is -0.0314. The molecule has 3 amide bonds. The molecular weight excluding hydrogens is 322 g/mol. The number of nitrogens with one attached hydrogen (secondary N) is 1. The van der Waals surface area contributed by atoms with Crippen molar-refractivity contribution in [3.63, 3.8) is 0 Å². The Morgan fingerprint density at radius 2 is 2.14 bits per heavy atom. The molecule has 0 fully saturated rings. The summed E-state index contributed by atoms with van der Waals surface area (Å²) < 4.78 is 9.91. The molecule has 0 saturated carbocycles. The van der Waals surface area contributed by atoms with E-state index in [2.05, 4.69) is 10.1 Å². The maximum absolute atomic E-state index is 11.5. The molecule has 1 unspecified atom stereocenters. The van der Waals surface area contributed by atoms with Gasteiger partial charge in [0.25, 0.3) is 0 Å². The molecule has 1 heterocycles. The second-order valence-electron chi connectivity index (χ2n) is 3.85. The van der Waals surface area contributed by atoms with Gasteiger partial charge in [-0.05, 0) is 12.1 Å². The van der Waals surface area contributed by atoms with E-state index in [4.69, 9.17) is 22.1 Å². The number of nitrogens with two attached hydrogens (primary N) is 1. The Morgan fingerprint density at radius 1 is 1.48 bits per heavy atom. The maximum Gasteiger partial charge on any atom is 0.418 e. The van der Waals surface area contributed by atoms with Crippen LogP contribution in [0.3, 0.4) is 0 Å². The molecule has 3 N–H and O–H groups in total. The highest BCUT2D eigenvalue weighted by atomic mass is 35.5. The minimum atomic E-state index is -1.21. The van der Waals surface area contributed by atoms with Gasteiger partial charge in [-0.1, -0.05) is 11.6 Å². The highest BCUT2D eigenvalue weighted by molar-refractivity contribution is 7.16. The number of thiophene rings is 1. The third-order valence-corrected chi connectivity index (χ3v) is 3.63. The molecule has 8 nitrogen and oxygen atoms in total. The smallest absolute Gasteiger partial charge is 0.418 e. The molecule has 21 heavy (non-hydrogen) atoms. The van der Waals surface area contributed by atoms with Gasteiger partial charge in [0.1, 0.15) is 0 Å². The number of likely N-dealkylation sites (N-methyl/N-ethyl adjacent to an activating group) is 1. The van der Waals surface area contributed by atoms with Crippen LogP contribution in [0.25, 0.3) is 0 Å². The topological polar surface area (TPSA) is 111 Å². The van der Waals surface area contributed by atoms with Crippen LogP contribution in [0.2, 0.25) is 4.34 Å². The molecule has 0 bridgehead atoms. The lowest BCUT2D eigenvalue weighted by molar-refractivity contribution is 0.0723. The summed E-state index contributed by atoms with van der Waals surface area (Å²) in [7, 11) is 2.78. The Morgan fingerprint density at radius 3 is 2.62 bits per heavy atom. The minimum Gasteiger partial charge on any atom is -0.439 e. The summed E-state index contributed by atoms with van der Waals surface area (Å²) in [5.41, 5.74) is 4.76. The van der Waals surface area contributed by atoms with Crippen molar-refractivity contribution >= 4 is 41.2 Å². The van der Waals surface area contributed by atoms with Crippen LogP contribution < -0.4 is 11.1 Å². The fourth-order valence-electron chi connectivity index (χ4n) is 1.36. The van der Waals surface area contributed by atoms with E-state index in [1.807, 2.05) is 0 Å². The van der Waals surface area contributed by atoms with Crippen LogP contribution in [0.5, 0.6) is 0 Å². The molecule has 1 rings (SSSR count). The second-order valence-corrected chi connectivity index (χ2v) is 5.60. The predicted octanol–water partition coefficient (Wildman–Crippen LogP) is 1.95. The van der Waals surface area contributed by atoms with Crippen molar-refractivity contribution in [2.24, 2.45) is 5.73 Å². The van der Waals surface area contributed by atoms with Gasteiger partial charge < -0.3 is 25.4 Å². The number of nitrogens with zero attached hydrogens (tertiary/aromatic N) is 1. The fraction of sp³-hybridized carbons (Fsp3) is 0.364. The van der Waals surface area contributed by atoms with E-state index < -0.39 is 24.4 Å². The van der Waals surface area contributed by atoms with Crippen LogP contribution in [0, 0.1) is 0 Å². The van der Waals surface area contributed by atoms with Gasteiger partial charge in [0.2, 0.25) is 0 Å². The summed E-state index contributed by atoms with van der Waals surface area (Å²) in [5, 5.41) is 2.31. The largest absolute Gasteiger partial charge is 0.439 e. The summed E-state index contributed by atoms with van der Waals surface area (Å²) >= 11 is 7.04. The average molecular weight is 336 g/mol. The number of hydrogen-bond donors (Lipinski definition) is 2. The average Bonchev–Trinajstić information content (AvgIpc) is 2.83. The van der Waals surface area contributed by atoms with Gasteiger partial charge in [-0.2, -0.15) is 0 Å². The first-order valence-corrected chi connectivity index (χ1v) is 6.89. The zero-order valence-corrected chi connectivity index (χ0v) is 12.9. The van der Waals surface area contributed by atoms with E-state index in [0.717, 1.165) is 4.90 Å². The first kappa shape index (κ1) is 17.1. The lowest BCUT2D eigenvalue weighted by Gasteiger charge is -2.22. The number of ether oxygens (including phenoxy) is 2. The zero-order chi connectivity index (χ0) is 16.0. The SMILES string of the molecule is CNC(=O)OC(CN(C)C(=O)OC(N)=O)c1ccc(Cl)s1. The lowest BCUT2D eigenvalue weighted by Crippen LogP contribution is -2.36. The summed E-state index contributed by atoms with van der Waals surface area (Å²) in [6, 6.07) is 3.32. The van der Waals surface area contributed by atoms with Crippen molar-refractivity contribution < 1.29 is 23.9 Å². The molecule has 0 aromatic carbocycles. The summed E-state index contributed by atoms with van der Waals surface area (Å²) in [5.74, 6) is 0. The van der Waals surface area contributed by atoms with Crippen LogP contribution >= 0.6 is 22.9 Å². The Balaban J connectivity index is 2.79. The van der Waals surface area contributed by atoms with Crippen molar-refractivity contribution in [2.75, 3.05) is 20.6 Å². The van der Waals surface area contributed by atoms with E-state index in [9.17, 15) is 14.4 Å². The number of carbonyl (C=O) groups is 3. The predicted molar refractivity (Wildman–Crippen MR) is 76.3 cm³/mol. The van der Waals surface area contributed by atoms with Crippen molar-refractivity contribution in [1.29, 1.82) is 0 Å². The molecular formula is C11H14ClN3O5S. The first-order valence-electron chi connectivity index (χ1n) is 5.69. The molecule has 0 spiro atoms. The van der Waals surface area contributed by atoms with Gasteiger partial charge in [-0.15, -0.1) is 11.3 Å². The van der Waals surface area contributed by atoms with Crippen molar-refractivity contribution in [3.8, 4) is 0 Å². The first-order chi connectivity index (χ1) is 9.83. The fourth-order valence-corrected chi connectivity index (χ4v) is 2.44. The van der Waals surface area contributed by atoms with E-state index >= 15 is 0 Å². The van der Waals surface area contributed by atoms with Gasteiger partial charge in [0, 0.05) is 19.0 Å². The van der Waals surface area contributed by atoms with Crippen LogP contribution in [0.1, 0.15) is 11.0 Å². The lowest BCUT2D eigenvalue weighted by atomic mass is 10.3. The quantitative estimate of drug-likeness (QED) is 0.817. The van der Waals surface area contributed by atoms with Crippen LogP contribution in [0.15, 0.2) is 12.1 Å². The van der Waals surface area contributed by atoms with Gasteiger partial charge in [0.15, 0.2) is 6.10 Å². The standard InChI is InChI=1S/C11H14ClN3O5S/c1-14-10(17)19-6(7-3-4-8(12)21-7)5-15(2)11(18)20-9(13)16/h3-4,6H,5H2,1-2H3,(H2,13,16)(H,14,17). The number of halogens is 1. The summed E-state index contributed by atoms with van der Waals surface area (Å²) in [4.78, 5) is 35.1. The summed E-state index contributed by atoms with van der Waals surface area (Å²) in [6.07, 6.45) is -3.58. The minimum absolute atomic E-state index is 0.0314. The van der Waals surface area contributed by atoms with Crippen molar-refractivity contribution in [1.82, 2.24) is 10.2 Å². The van der Waals surface area contributed by atoms with E-state index in [-0.39, 0.29) is 6.54 Å². The Hall–Kier alpha value is -2.00. The Bertz CT molecular complexity index is 536. The monoisotopic (exact) mass is 335 g/mol. The highest BCUT2D eigenvalue weighted by Gasteiger charge is 2.24. The number of alkyl carbamates (subject to hydrolysis) is 1. The van der Waals surface area contributed by atoms with Gasteiger partial charge in [-0.3, -0.25) is 0 Å². The van der Waals surface area contributed by atoms with Crippen molar-refractivity contribution in [3.05, 3.63) is 21.3 Å². The van der Waals surface area contributed by atoms with Crippen molar-refractivity contribution in [2.45, 2.75) is 6.10 Å². The number of amides is 3. The van der Waals surface area contributed by atoms with E-state index in [0.29, 0.717) is 9.21 Å². The van der Waals surface area contributed by atoms with Crippen LogP contribution in [-0.2, 0) is 9.47 Å². The third-order valence-electron chi connectivity index (χ3n) is 2.30. The molecule has 0 aliphatic carbocycles. The molecule has 0 aliphatic heterocycles. The van der Waals surface area contributed by atoms with Gasteiger partial charge in [-0.25, -0.2) is 14.4 Å². The normalized spacial score (nSPS) is 11.4. The Kier molecular flexibility index (Phi) is 6.25. The number of hydrogen-bond acceptors (Lipinski definition) is 6. The number of primary amides is 1. The van der Waals surface area contributed by atoms with Gasteiger partial charge in [0.05, 0.1) is 10.9 Å². The van der Waals surface area contributed by atoms with Gasteiger partial charge >= 0.3 is 18.3 Å². The highest BCUT2D eigenvalue weighted by Crippen LogP contribution is 2.29. The second kappa shape index (κ2) is 7.70. The molecule has 0 saturated heterocycles. The molecule has 1 aromatic heterocycles.